The number of phenolic OH excluding ortho intramolecular Hbond substituents is 1. The SMILES string of the molecule is COCCOc1ccc2c(ccc3sc(NS(=O)(=O)c4ccc(NCc5cccc(OC)c5O)cc4)nc32)c1. The van der Waals surface area contributed by atoms with E-state index in [1.54, 1.807) is 37.4 Å². The zero-order chi connectivity index (χ0) is 27.4. The van der Waals surface area contributed by atoms with Crippen molar-refractivity contribution in [2.75, 3.05) is 37.5 Å². The average Bonchev–Trinajstić information content (AvgIpc) is 3.35. The minimum absolute atomic E-state index is 0.0651. The van der Waals surface area contributed by atoms with E-state index in [9.17, 15) is 13.5 Å². The Kier molecular flexibility index (Phi) is 7.73. The fourth-order valence-electron chi connectivity index (χ4n) is 4.07. The van der Waals surface area contributed by atoms with E-state index in [1.165, 1.54) is 30.6 Å². The molecule has 0 fully saturated rings. The lowest BCUT2D eigenvalue weighted by Crippen LogP contribution is -2.12. The summed E-state index contributed by atoms with van der Waals surface area (Å²) >= 11 is 1.27. The number of hydrogen-bond acceptors (Lipinski definition) is 9. The van der Waals surface area contributed by atoms with Gasteiger partial charge in [-0.3, -0.25) is 4.72 Å². The largest absolute Gasteiger partial charge is 0.504 e. The van der Waals surface area contributed by atoms with Gasteiger partial charge in [0, 0.05) is 30.3 Å². The number of anilines is 2. The second kappa shape index (κ2) is 11.4. The second-order valence-corrected chi connectivity index (χ2v) is 11.3. The van der Waals surface area contributed by atoms with Gasteiger partial charge in [0.1, 0.15) is 12.4 Å². The highest BCUT2D eigenvalue weighted by atomic mass is 32.2. The third-order valence-electron chi connectivity index (χ3n) is 6.07. The third-order valence-corrected chi connectivity index (χ3v) is 8.49. The Morgan fingerprint density at radius 1 is 0.974 bits per heavy atom. The summed E-state index contributed by atoms with van der Waals surface area (Å²) in [4.78, 5) is 4.69. The highest BCUT2D eigenvalue weighted by molar-refractivity contribution is 7.93. The number of hydrogen-bond donors (Lipinski definition) is 3. The molecule has 0 unspecified atom stereocenters. The number of fused-ring (bicyclic) bond motifs is 3. The minimum atomic E-state index is -3.85. The first kappa shape index (κ1) is 26.5. The van der Waals surface area contributed by atoms with Crippen LogP contribution in [0.4, 0.5) is 10.8 Å². The number of phenols is 1. The van der Waals surface area contributed by atoms with Crippen molar-refractivity contribution in [1.82, 2.24) is 4.98 Å². The van der Waals surface area contributed by atoms with Gasteiger partial charge in [-0.15, -0.1) is 0 Å². The summed E-state index contributed by atoms with van der Waals surface area (Å²) in [5, 5.41) is 15.6. The molecule has 1 aromatic heterocycles. The summed E-state index contributed by atoms with van der Waals surface area (Å²) in [6.45, 7) is 1.30. The van der Waals surface area contributed by atoms with Gasteiger partial charge in [-0.05, 0) is 60.0 Å². The summed E-state index contributed by atoms with van der Waals surface area (Å²) in [5.74, 6) is 1.19. The van der Waals surface area contributed by atoms with Gasteiger partial charge in [-0.1, -0.05) is 29.5 Å². The maximum Gasteiger partial charge on any atom is 0.263 e. The number of aromatic nitrogens is 1. The quantitative estimate of drug-likeness (QED) is 0.177. The molecule has 39 heavy (non-hydrogen) atoms. The van der Waals surface area contributed by atoms with Crippen molar-refractivity contribution in [2.45, 2.75) is 11.4 Å². The third kappa shape index (κ3) is 5.85. The van der Waals surface area contributed by atoms with Crippen LogP contribution in [0, 0.1) is 0 Å². The molecule has 0 aliphatic heterocycles. The zero-order valence-corrected chi connectivity index (χ0v) is 22.9. The smallest absolute Gasteiger partial charge is 0.263 e. The van der Waals surface area contributed by atoms with Crippen LogP contribution >= 0.6 is 11.3 Å². The number of benzene rings is 4. The molecule has 4 aromatic carbocycles. The monoisotopic (exact) mass is 565 g/mol. The molecule has 0 aliphatic rings. The van der Waals surface area contributed by atoms with Gasteiger partial charge in [0.15, 0.2) is 16.6 Å². The molecule has 0 spiro atoms. The van der Waals surface area contributed by atoms with Crippen molar-refractivity contribution in [3.63, 3.8) is 0 Å². The summed E-state index contributed by atoms with van der Waals surface area (Å²) in [7, 11) is -0.735. The molecular weight excluding hydrogens is 538 g/mol. The molecular formula is C28H27N3O6S2. The van der Waals surface area contributed by atoms with Crippen LogP contribution in [-0.4, -0.2) is 45.9 Å². The van der Waals surface area contributed by atoms with Gasteiger partial charge in [-0.25, -0.2) is 13.4 Å². The van der Waals surface area contributed by atoms with E-state index >= 15 is 0 Å². The molecule has 0 radical (unpaired) electrons. The van der Waals surface area contributed by atoms with Crippen LogP contribution in [-0.2, 0) is 21.3 Å². The fourth-order valence-corrected chi connectivity index (χ4v) is 6.19. The predicted molar refractivity (Wildman–Crippen MR) is 154 cm³/mol. The van der Waals surface area contributed by atoms with Crippen LogP contribution in [0.1, 0.15) is 5.56 Å². The highest BCUT2D eigenvalue weighted by Crippen LogP contribution is 2.34. The number of para-hydroxylation sites is 1. The van der Waals surface area contributed by atoms with E-state index in [2.05, 4.69) is 15.0 Å². The van der Waals surface area contributed by atoms with Crippen molar-refractivity contribution in [3.05, 3.63) is 78.4 Å². The Bertz CT molecular complexity index is 1720. The van der Waals surface area contributed by atoms with Crippen LogP contribution in [0.2, 0.25) is 0 Å². The molecule has 3 N–H and O–H groups in total. The number of thiazole rings is 1. The molecule has 9 nitrogen and oxygen atoms in total. The molecule has 0 aliphatic carbocycles. The Labute approximate surface area is 230 Å². The van der Waals surface area contributed by atoms with E-state index in [0.29, 0.717) is 36.8 Å². The Hall–Kier alpha value is -4.06. The van der Waals surface area contributed by atoms with E-state index in [-0.39, 0.29) is 15.8 Å². The second-order valence-electron chi connectivity index (χ2n) is 8.61. The Balaban J connectivity index is 1.29. The summed E-state index contributed by atoms with van der Waals surface area (Å²) in [6, 6.07) is 21.2. The Morgan fingerprint density at radius 3 is 2.56 bits per heavy atom. The van der Waals surface area contributed by atoms with E-state index in [0.717, 1.165) is 26.7 Å². The molecule has 0 saturated heterocycles. The maximum absolute atomic E-state index is 13.1. The van der Waals surface area contributed by atoms with Gasteiger partial charge in [0.2, 0.25) is 0 Å². The first-order chi connectivity index (χ1) is 18.9. The van der Waals surface area contributed by atoms with E-state index in [1.807, 2.05) is 30.3 Å². The lowest BCUT2D eigenvalue weighted by molar-refractivity contribution is 0.146. The minimum Gasteiger partial charge on any atom is -0.504 e. The molecule has 5 aromatic rings. The zero-order valence-electron chi connectivity index (χ0n) is 21.3. The van der Waals surface area contributed by atoms with Crippen molar-refractivity contribution in [2.24, 2.45) is 0 Å². The summed E-state index contributed by atoms with van der Waals surface area (Å²) in [6.07, 6.45) is 0. The van der Waals surface area contributed by atoms with Crippen molar-refractivity contribution in [3.8, 4) is 17.2 Å². The number of methoxy groups -OCH3 is 2. The van der Waals surface area contributed by atoms with Gasteiger partial charge >= 0.3 is 0 Å². The number of nitrogens with one attached hydrogen (secondary N) is 2. The molecule has 202 valence electrons. The van der Waals surface area contributed by atoms with Crippen LogP contribution < -0.4 is 19.5 Å². The molecule has 0 amide bonds. The number of sulfonamides is 1. The molecule has 0 saturated carbocycles. The fraction of sp³-hybridized carbons (Fsp3) is 0.179. The Morgan fingerprint density at radius 2 is 1.79 bits per heavy atom. The highest BCUT2D eigenvalue weighted by Gasteiger charge is 2.18. The molecule has 0 atom stereocenters. The number of ether oxygens (including phenoxy) is 3. The standard InChI is InChI=1S/C28H27N3O6S2/c1-35-14-15-37-21-9-12-23-18(16-21)6-13-25-26(23)30-28(38-25)31-39(33,34)22-10-7-20(8-11-22)29-17-19-4-3-5-24(36-2)27(19)32/h3-13,16,29,32H,14-15,17H2,1-2H3,(H,30,31). The lowest BCUT2D eigenvalue weighted by Gasteiger charge is -2.11. The van der Waals surface area contributed by atoms with Crippen LogP contribution in [0.5, 0.6) is 17.2 Å². The molecule has 1 heterocycles. The van der Waals surface area contributed by atoms with Crippen LogP contribution in [0.25, 0.3) is 21.0 Å². The predicted octanol–water partition coefficient (Wildman–Crippen LogP) is 5.60. The van der Waals surface area contributed by atoms with Gasteiger partial charge in [0.25, 0.3) is 10.0 Å². The maximum atomic E-state index is 13.1. The van der Waals surface area contributed by atoms with E-state index in [4.69, 9.17) is 14.2 Å². The molecule has 5 rings (SSSR count). The van der Waals surface area contributed by atoms with Gasteiger partial charge < -0.3 is 24.6 Å². The van der Waals surface area contributed by atoms with Crippen molar-refractivity contribution < 1.29 is 27.7 Å². The van der Waals surface area contributed by atoms with Crippen molar-refractivity contribution in [1.29, 1.82) is 0 Å². The number of rotatable bonds is 11. The number of nitrogens with zero attached hydrogens (tertiary/aromatic N) is 1. The average molecular weight is 566 g/mol. The van der Waals surface area contributed by atoms with Crippen LogP contribution in [0.3, 0.4) is 0 Å². The van der Waals surface area contributed by atoms with E-state index < -0.39 is 10.0 Å². The summed E-state index contributed by atoms with van der Waals surface area (Å²) < 4.78 is 45.5. The molecule has 11 heteroatoms. The normalized spacial score (nSPS) is 11.5. The topological polar surface area (TPSA) is 119 Å². The molecule has 0 bridgehead atoms. The summed E-state index contributed by atoms with van der Waals surface area (Å²) in [5.41, 5.74) is 2.08. The first-order valence-electron chi connectivity index (χ1n) is 12.0. The first-order valence-corrected chi connectivity index (χ1v) is 14.3. The number of aromatic hydroxyl groups is 1. The van der Waals surface area contributed by atoms with Gasteiger partial charge in [0.05, 0.1) is 28.8 Å². The van der Waals surface area contributed by atoms with Crippen LogP contribution in [0.15, 0.2) is 77.7 Å². The lowest BCUT2D eigenvalue weighted by atomic mass is 10.1. The van der Waals surface area contributed by atoms with Gasteiger partial charge in [-0.2, -0.15) is 0 Å². The van der Waals surface area contributed by atoms with Crippen molar-refractivity contribution >= 4 is 53.2 Å².